The van der Waals surface area contributed by atoms with Gasteiger partial charge in [0.15, 0.2) is 17.6 Å². The number of hydrogen-bond donors (Lipinski definition) is 2. The van der Waals surface area contributed by atoms with Crippen molar-refractivity contribution in [1.29, 1.82) is 0 Å². The van der Waals surface area contributed by atoms with E-state index in [2.05, 4.69) is 27.5 Å². The van der Waals surface area contributed by atoms with E-state index in [1.54, 1.807) is 18.5 Å². The van der Waals surface area contributed by atoms with Crippen molar-refractivity contribution in [2.24, 2.45) is 4.99 Å². The molecular formula is C20H29FIN5O. The zero-order valence-electron chi connectivity index (χ0n) is 16.2. The van der Waals surface area contributed by atoms with Gasteiger partial charge in [-0.05, 0) is 37.1 Å². The van der Waals surface area contributed by atoms with Crippen LogP contribution in [0.15, 0.2) is 46.1 Å². The average molecular weight is 501 g/mol. The summed E-state index contributed by atoms with van der Waals surface area (Å²) < 4.78 is 19.3. The van der Waals surface area contributed by atoms with Crippen molar-refractivity contribution in [1.82, 2.24) is 15.6 Å². The lowest BCUT2D eigenvalue weighted by Crippen LogP contribution is -2.45. The number of nitrogens with one attached hydrogen (secondary N) is 2. The van der Waals surface area contributed by atoms with Crippen LogP contribution in [0.1, 0.15) is 31.9 Å². The van der Waals surface area contributed by atoms with E-state index in [1.807, 2.05) is 17.0 Å². The number of halogens is 2. The van der Waals surface area contributed by atoms with Gasteiger partial charge in [0.25, 0.3) is 0 Å². The van der Waals surface area contributed by atoms with Crippen LogP contribution in [-0.4, -0.2) is 43.2 Å². The molecule has 0 bridgehead atoms. The number of anilines is 1. The Hall–Kier alpha value is -1.84. The molecule has 3 rings (SSSR count). The van der Waals surface area contributed by atoms with Gasteiger partial charge >= 0.3 is 0 Å². The Labute approximate surface area is 183 Å². The van der Waals surface area contributed by atoms with Crippen molar-refractivity contribution >= 4 is 35.8 Å². The Bertz CT molecular complexity index is 725. The molecule has 0 radical (unpaired) electrons. The molecule has 1 aliphatic rings. The molecule has 2 aromatic heterocycles. The first-order chi connectivity index (χ1) is 13.3. The van der Waals surface area contributed by atoms with Crippen LogP contribution in [0, 0.1) is 5.82 Å². The summed E-state index contributed by atoms with van der Waals surface area (Å²) in [4.78, 5) is 10.8. The summed E-state index contributed by atoms with van der Waals surface area (Å²) in [5.74, 6) is 1.92. The number of guanidine groups is 1. The lowest BCUT2D eigenvalue weighted by molar-refractivity contribution is 0.506. The van der Waals surface area contributed by atoms with Gasteiger partial charge in [-0.25, -0.2) is 9.37 Å². The summed E-state index contributed by atoms with van der Waals surface area (Å²) in [6.45, 7) is 5.18. The molecule has 1 aliphatic heterocycles. The van der Waals surface area contributed by atoms with E-state index in [0.29, 0.717) is 12.4 Å². The summed E-state index contributed by atoms with van der Waals surface area (Å²) in [5.41, 5.74) is 0. The molecule has 154 valence electrons. The predicted molar refractivity (Wildman–Crippen MR) is 121 cm³/mol. The zero-order valence-corrected chi connectivity index (χ0v) is 18.6. The third-order valence-electron chi connectivity index (χ3n) is 4.59. The Morgan fingerprint density at radius 3 is 3.04 bits per heavy atom. The molecule has 3 heterocycles. The third-order valence-corrected chi connectivity index (χ3v) is 4.59. The number of unbranched alkanes of at least 4 members (excludes halogenated alkanes) is 1. The van der Waals surface area contributed by atoms with Gasteiger partial charge in [0.05, 0.1) is 6.26 Å². The fourth-order valence-electron chi connectivity index (χ4n) is 3.13. The van der Waals surface area contributed by atoms with Gasteiger partial charge in [0.1, 0.15) is 5.76 Å². The molecule has 2 aromatic rings. The van der Waals surface area contributed by atoms with Crippen molar-refractivity contribution in [3.63, 3.8) is 0 Å². The number of nitrogens with zero attached hydrogens (tertiary/aromatic N) is 3. The lowest BCUT2D eigenvalue weighted by atomic mass is 10.2. The molecule has 1 fully saturated rings. The third kappa shape index (κ3) is 6.65. The molecule has 1 atom stereocenters. The number of aliphatic imine (C=N–C) groups is 1. The predicted octanol–water partition coefficient (Wildman–Crippen LogP) is 3.59. The van der Waals surface area contributed by atoms with Crippen LogP contribution in [0.3, 0.4) is 0 Å². The van der Waals surface area contributed by atoms with E-state index in [-0.39, 0.29) is 35.8 Å². The molecule has 0 amide bonds. The standard InChI is InChI=1S/C20H28FN5O.HI/c1-2-3-10-23-20(24-12-8-17-6-5-14-27-17)25-16-9-13-26(15-16)19-18(21)7-4-11-22-19;/h4-7,11,14,16H,2-3,8-10,12-13,15H2,1H3,(H2,23,24,25);1H. The van der Waals surface area contributed by atoms with Gasteiger partial charge < -0.3 is 20.0 Å². The maximum atomic E-state index is 14.0. The highest BCUT2D eigenvalue weighted by atomic mass is 127. The minimum atomic E-state index is -0.272. The Morgan fingerprint density at radius 1 is 1.39 bits per heavy atom. The van der Waals surface area contributed by atoms with Crippen LogP contribution in [0.2, 0.25) is 0 Å². The minimum Gasteiger partial charge on any atom is -0.469 e. The second kappa shape index (κ2) is 11.9. The number of furan rings is 1. The highest BCUT2D eigenvalue weighted by molar-refractivity contribution is 14.0. The molecule has 2 N–H and O–H groups in total. The van der Waals surface area contributed by atoms with Gasteiger partial charge in [0.2, 0.25) is 0 Å². The second-order valence-corrected chi connectivity index (χ2v) is 6.72. The van der Waals surface area contributed by atoms with Crippen LogP contribution in [0.4, 0.5) is 10.2 Å². The largest absolute Gasteiger partial charge is 0.469 e. The quantitative estimate of drug-likeness (QED) is 0.251. The first kappa shape index (κ1) is 22.4. The molecule has 6 nitrogen and oxygen atoms in total. The Morgan fingerprint density at radius 2 is 2.29 bits per heavy atom. The summed E-state index contributed by atoms with van der Waals surface area (Å²) in [7, 11) is 0. The summed E-state index contributed by atoms with van der Waals surface area (Å²) in [5, 5.41) is 6.87. The first-order valence-electron chi connectivity index (χ1n) is 9.69. The molecule has 0 aliphatic carbocycles. The highest BCUT2D eigenvalue weighted by Gasteiger charge is 2.25. The minimum absolute atomic E-state index is 0. The van der Waals surface area contributed by atoms with Crippen LogP contribution in [-0.2, 0) is 6.42 Å². The van der Waals surface area contributed by atoms with Crippen LogP contribution in [0.25, 0.3) is 0 Å². The topological polar surface area (TPSA) is 65.7 Å². The van der Waals surface area contributed by atoms with Gasteiger partial charge in [-0.2, -0.15) is 0 Å². The molecule has 1 saturated heterocycles. The van der Waals surface area contributed by atoms with Crippen LogP contribution in [0.5, 0.6) is 0 Å². The summed E-state index contributed by atoms with van der Waals surface area (Å²) in [6, 6.07) is 7.15. The van der Waals surface area contributed by atoms with Crippen LogP contribution >= 0.6 is 24.0 Å². The van der Waals surface area contributed by atoms with Crippen LogP contribution < -0.4 is 15.5 Å². The summed E-state index contributed by atoms with van der Waals surface area (Å²) >= 11 is 0. The van der Waals surface area contributed by atoms with Gasteiger partial charge in [-0.1, -0.05) is 13.3 Å². The van der Waals surface area contributed by atoms with E-state index in [1.165, 1.54) is 6.07 Å². The maximum absolute atomic E-state index is 14.0. The van der Waals surface area contributed by atoms with E-state index in [0.717, 1.165) is 57.0 Å². The highest BCUT2D eigenvalue weighted by Crippen LogP contribution is 2.20. The molecule has 0 saturated carbocycles. The molecule has 0 aromatic carbocycles. The van der Waals surface area contributed by atoms with Crippen molar-refractivity contribution < 1.29 is 8.81 Å². The number of aromatic nitrogens is 1. The van der Waals surface area contributed by atoms with E-state index >= 15 is 0 Å². The number of rotatable bonds is 8. The monoisotopic (exact) mass is 501 g/mol. The van der Waals surface area contributed by atoms with Crippen molar-refractivity contribution in [2.45, 2.75) is 38.6 Å². The average Bonchev–Trinajstić information content (AvgIpc) is 3.34. The van der Waals surface area contributed by atoms with Crippen molar-refractivity contribution in [3.8, 4) is 0 Å². The number of hydrogen-bond acceptors (Lipinski definition) is 4. The Kier molecular flexibility index (Phi) is 9.52. The molecule has 1 unspecified atom stereocenters. The fourth-order valence-corrected chi connectivity index (χ4v) is 3.13. The first-order valence-corrected chi connectivity index (χ1v) is 9.69. The lowest BCUT2D eigenvalue weighted by Gasteiger charge is -2.20. The van der Waals surface area contributed by atoms with Crippen molar-refractivity contribution in [3.05, 3.63) is 48.3 Å². The van der Waals surface area contributed by atoms with E-state index < -0.39 is 0 Å². The normalized spacial score (nSPS) is 16.7. The summed E-state index contributed by atoms with van der Waals surface area (Å²) in [6.07, 6.45) is 7.21. The van der Waals surface area contributed by atoms with Crippen molar-refractivity contribution in [2.75, 3.05) is 31.1 Å². The van der Waals surface area contributed by atoms with E-state index in [9.17, 15) is 4.39 Å². The van der Waals surface area contributed by atoms with Gasteiger partial charge in [-0.15, -0.1) is 24.0 Å². The smallest absolute Gasteiger partial charge is 0.191 e. The second-order valence-electron chi connectivity index (χ2n) is 6.72. The zero-order chi connectivity index (χ0) is 18.9. The number of pyridine rings is 1. The molecule has 0 spiro atoms. The van der Waals surface area contributed by atoms with Gasteiger partial charge in [-0.3, -0.25) is 4.99 Å². The van der Waals surface area contributed by atoms with Gasteiger partial charge in [0, 0.05) is 44.8 Å². The Balaban J connectivity index is 0.00000280. The molecule has 28 heavy (non-hydrogen) atoms. The molecule has 8 heteroatoms. The fraction of sp³-hybridized carbons (Fsp3) is 0.500. The maximum Gasteiger partial charge on any atom is 0.191 e. The van der Waals surface area contributed by atoms with E-state index in [4.69, 9.17) is 4.42 Å². The molecular weight excluding hydrogens is 472 g/mol. The SMILES string of the molecule is CCCCN=C(NCCc1ccco1)NC1CCN(c2ncccc2F)C1.I.